The van der Waals surface area contributed by atoms with Gasteiger partial charge < -0.3 is 19.2 Å². The summed E-state index contributed by atoms with van der Waals surface area (Å²) >= 11 is 0. The average Bonchev–Trinajstić information content (AvgIpc) is 3.05. The van der Waals surface area contributed by atoms with Crippen LogP contribution in [0.15, 0.2) is 71.1 Å². The first-order valence-corrected chi connectivity index (χ1v) is 7.46. The Morgan fingerprint density at radius 3 is 2.58 bits per heavy atom. The number of benzene rings is 2. The molecule has 0 unspecified atom stereocenters. The summed E-state index contributed by atoms with van der Waals surface area (Å²) in [7, 11) is 1.57. The average molecular weight is 323 g/mol. The number of carbonyl (C=O) groups is 1. The van der Waals surface area contributed by atoms with E-state index in [1.54, 1.807) is 31.4 Å². The number of ether oxygens (including phenoxy) is 2. The molecule has 0 bridgehead atoms. The van der Waals surface area contributed by atoms with Gasteiger partial charge in [-0.1, -0.05) is 24.3 Å². The molecule has 0 spiro atoms. The summed E-state index contributed by atoms with van der Waals surface area (Å²) in [6.45, 7) is 0.327. The molecule has 5 heteroatoms. The van der Waals surface area contributed by atoms with E-state index in [0.29, 0.717) is 23.8 Å². The van der Waals surface area contributed by atoms with Crippen LogP contribution in [0.2, 0.25) is 0 Å². The Hall–Kier alpha value is -3.05. The third-order valence-electron chi connectivity index (χ3n) is 3.24. The molecule has 0 atom stereocenters. The highest BCUT2D eigenvalue weighted by Crippen LogP contribution is 2.24. The first-order valence-electron chi connectivity index (χ1n) is 7.46. The Bertz CT molecular complexity index is 811. The first kappa shape index (κ1) is 15.8. The molecule has 24 heavy (non-hydrogen) atoms. The van der Waals surface area contributed by atoms with E-state index in [4.69, 9.17) is 13.9 Å². The van der Waals surface area contributed by atoms with Crippen LogP contribution in [0, 0.1) is 0 Å². The van der Waals surface area contributed by atoms with E-state index in [9.17, 15) is 4.79 Å². The monoisotopic (exact) mass is 323 g/mol. The van der Waals surface area contributed by atoms with Gasteiger partial charge in [-0.25, -0.2) is 0 Å². The molecule has 3 aromatic rings. The summed E-state index contributed by atoms with van der Waals surface area (Å²) in [5, 5.41) is 2.79. The number of nitrogens with one attached hydrogen (secondary N) is 1. The molecular formula is C19H17NO4. The standard InChI is InChI=1S/C19H17NO4/c1-22-13-17-10-11-18(24-17)19(21)20-14-6-5-9-16(12-14)23-15-7-3-2-4-8-15/h2-12H,13H2,1H3,(H,20,21). The maximum Gasteiger partial charge on any atom is 0.291 e. The van der Waals surface area contributed by atoms with Gasteiger partial charge in [0.2, 0.25) is 0 Å². The number of furan rings is 1. The van der Waals surface area contributed by atoms with Crippen molar-refractivity contribution < 1.29 is 18.7 Å². The van der Waals surface area contributed by atoms with E-state index in [0.717, 1.165) is 5.75 Å². The number of hydrogen-bond donors (Lipinski definition) is 1. The Kier molecular flexibility index (Phi) is 4.93. The van der Waals surface area contributed by atoms with Gasteiger partial charge in [0.1, 0.15) is 23.9 Å². The molecule has 0 aliphatic carbocycles. The molecule has 0 saturated heterocycles. The van der Waals surface area contributed by atoms with Gasteiger partial charge in [-0.2, -0.15) is 0 Å². The van der Waals surface area contributed by atoms with Gasteiger partial charge in [-0.15, -0.1) is 0 Å². The van der Waals surface area contributed by atoms with Gasteiger partial charge in [0.25, 0.3) is 5.91 Å². The van der Waals surface area contributed by atoms with Crippen LogP contribution in [-0.2, 0) is 11.3 Å². The van der Waals surface area contributed by atoms with Crippen LogP contribution >= 0.6 is 0 Å². The van der Waals surface area contributed by atoms with Crippen molar-refractivity contribution in [2.45, 2.75) is 6.61 Å². The molecule has 2 aromatic carbocycles. The number of amides is 1. The number of rotatable bonds is 6. The predicted molar refractivity (Wildman–Crippen MR) is 90.3 cm³/mol. The molecule has 0 aliphatic rings. The van der Waals surface area contributed by atoms with Crippen molar-refractivity contribution in [2.24, 2.45) is 0 Å². The lowest BCUT2D eigenvalue weighted by molar-refractivity contribution is 0.0987. The van der Waals surface area contributed by atoms with Gasteiger partial charge in [-0.3, -0.25) is 4.79 Å². The second-order valence-corrected chi connectivity index (χ2v) is 5.10. The molecule has 1 amide bonds. The van der Waals surface area contributed by atoms with Crippen molar-refractivity contribution in [3.05, 3.63) is 78.3 Å². The molecule has 1 heterocycles. The molecular weight excluding hydrogens is 306 g/mol. The first-order chi connectivity index (χ1) is 11.7. The van der Waals surface area contributed by atoms with E-state index >= 15 is 0 Å². The van der Waals surface area contributed by atoms with E-state index < -0.39 is 0 Å². The van der Waals surface area contributed by atoms with Gasteiger partial charge in [0.15, 0.2) is 5.76 Å². The highest BCUT2D eigenvalue weighted by molar-refractivity contribution is 6.02. The molecule has 5 nitrogen and oxygen atoms in total. The van der Waals surface area contributed by atoms with Crippen LogP contribution in [0.5, 0.6) is 11.5 Å². The Balaban J connectivity index is 1.68. The van der Waals surface area contributed by atoms with E-state index in [-0.39, 0.29) is 11.7 Å². The number of anilines is 1. The zero-order valence-electron chi connectivity index (χ0n) is 13.2. The van der Waals surface area contributed by atoms with Crippen LogP contribution in [0.1, 0.15) is 16.3 Å². The number of para-hydroxylation sites is 1. The number of methoxy groups -OCH3 is 1. The second-order valence-electron chi connectivity index (χ2n) is 5.10. The minimum absolute atomic E-state index is 0.233. The summed E-state index contributed by atoms with van der Waals surface area (Å²) < 4.78 is 16.1. The van der Waals surface area contributed by atoms with Crippen LogP contribution in [0.3, 0.4) is 0 Å². The van der Waals surface area contributed by atoms with Crippen LogP contribution in [0.25, 0.3) is 0 Å². The maximum atomic E-state index is 12.2. The third-order valence-corrected chi connectivity index (χ3v) is 3.24. The second kappa shape index (κ2) is 7.48. The molecule has 0 saturated carbocycles. The highest BCUT2D eigenvalue weighted by Gasteiger charge is 2.12. The lowest BCUT2D eigenvalue weighted by Gasteiger charge is -2.08. The molecule has 0 aliphatic heterocycles. The van der Waals surface area contributed by atoms with Crippen LogP contribution in [0.4, 0.5) is 5.69 Å². The smallest absolute Gasteiger partial charge is 0.291 e. The molecule has 0 fully saturated rings. The normalized spacial score (nSPS) is 10.4. The van der Waals surface area contributed by atoms with Gasteiger partial charge in [-0.05, 0) is 36.4 Å². The summed E-state index contributed by atoms with van der Waals surface area (Å²) in [6, 6.07) is 20.0. The van der Waals surface area contributed by atoms with E-state index in [1.165, 1.54) is 0 Å². The summed E-state index contributed by atoms with van der Waals surface area (Å²) in [4.78, 5) is 12.2. The lowest BCUT2D eigenvalue weighted by atomic mass is 10.3. The quantitative estimate of drug-likeness (QED) is 0.727. The number of carbonyl (C=O) groups excluding carboxylic acids is 1. The molecule has 122 valence electrons. The fourth-order valence-corrected chi connectivity index (χ4v) is 2.17. The van der Waals surface area contributed by atoms with Gasteiger partial charge in [0, 0.05) is 18.9 Å². The molecule has 3 rings (SSSR count). The fraction of sp³-hybridized carbons (Fsp3) is 0.105. The van der Waals surface area contributed by atoms with Crippen molar-refractivity contribution in [3.8, 4) is 11.5 Å². The van der Waals surface area contributed by atoms with E-state index in [2.05, 4.69) is 5.32 Å². The van der Waals surface area contributed by atoms with Crippen LogP contribution < -0.4 is 10.1 Å². The molecule has 1 aromatic heterocycles. The largest absolute Gasteiger partial charge is 0.457 e. The Labute approximate surface area is 139 Å². The Morgan fingerprint density at radius 2 is 1.79 bits per heavy atom. The third kappa shape index (κ3) is 4.02. The molecule has 0 radical (unpaired) electrons. The van der Waals surface area contributed by atoms with Crippen molar-refractivity contribution in [1.82, 2.24) is 0 Å². The highest BCUT2D eigenvalue weighted by atomic mass is 16.5. The Morgan fingerprint density at radius 1 is 1.00 bits per heavy atom. The summed E-state index contributed by atoms with van der Waals surface area (Å²) in [5.74, 6) is 1.88. The number of hydrogen-bond acceptors (Lipinski definition) is 4. The summed E-state index contributed by atoms with van der Waals surface area (Å²) in [6.07, 6.45) is 0. The predicted octanol–water partition coefficient (Wildman–Crippen LogP) is 4.47. The topological polar surface area (TPSA) is 60.7 Å². The zero-order chi connectivity index (χ0) is 16.8. The zero-order valence-corrected chi connectivity index (χ0v) is 13.2. The minimum atomic E-state index is -0.325. The van der Waals surface area contributed by atoms with Crippen molar-refractivity contribution in [3.63, 3.8) is 0 Å². The van der Waals surface area contributed by atoms with E-state index in [1.807, 2.05) is 42.5 Å². The SMILES string of the molecule is COCc1ccc(C(=O)Nc2cccc(Oc3ccccc3)c2)o1. The maximum absolute atomic E-state index is 12.2. The minimum Gasteiger partial charge on any atom is -0.457 e. The van der Waals surface area contributed by atoms with Crippen LogP contribution in [-0.4, -0.2) is 13.0 Å². The fourth-order valence-electron chi connectivity index (χ4n) is 2.17. The lowest BCUT2D eigenvalue weighted by Crippen LogP contribution is -2.10. The molecule has 1 N–H and O–H groups in total. The summed E-state index contributed by atoms with van der Waals surface area (Å²) in [5.41, 5.74) is 0.623. The van der Waals surface area contributed by atoms with Crippen molar-refractivity contribution >= 4 is 11.6 Å². The van der Waals surface area contributed by atoms with Crippen molar-refractivity contribution in [2.75, 3.05) is 12.4 Å². The van der Waals surface area contributed by atoms with Gasteiger partial charge in [0.05, 0.1) is 0 Å². The van der Waals surface area contributed by atoms with Gasteiger partial charge >= 0.3 is 0 Å². The van der Waals surface area contributed by atoms with Crippen molar-refractivity contribution in [1.29, 1.82) is 0 Å².